The van der Waals surface area contributed by atoms with E-state index in [9.17, 15) is 9.90 Å². The van der Waals surface area contributed by atoms with Crippen molar-refractivity contribution in [3.05, 3.63) is 24.3 Å². The zero-order valence-corrected chi connectivity index (χ0v) is 12.0. The summed E-state index contributed by atoms with van der Waals surface area (Å²) in [6.07, 6.45) is 5.30. The smallest absolute Gasteiger partial charge is 0.155 e. The third kappa shape index (κ3) is 1.75. The molecule has 1 saturated carbocycles. The van der Waals surface area contributed by atoms with Gasteiger partial charge in [-0.05, 0) is 24.3 Å². The summed E-state index contributed by atoms with van der Waals surface area (Å²) in [5.41, 5.74) is 0.752. The minimum Gasteiger partial charge on any atom is -0.392 e. The Balaban J connectivity index is 2.47. The second-order valence-electron chi connectivity index (χ2n) is 5.77. The number of alkyl halides is 1. The Labute approximate surface area is 111 Å². The molecule has 3 heteroatoms. The van der Waals surface area contributed by atoms with Gasteiger partial charge in [0.1, 0.15) is 0 Å². The summed E-state index contributed by atoms with van der Waals surface area (Å²) < 4.78 is 0. The van der Waals surface area contributed by atoms with Crippen molar-refractivity contribution in [1.82, 2.24) is 0 Å². The van der Waals surface area contributed by atoms with Crippen molar-refractivity contribution in [1.29, 1.82) is 0 Å². The average Bonchev–Trinajstić information content (AvgIpc) is 2.27. The molecule has 2 nitrogen and oxygen atoms in total. The first-order valence-electron chi connectivity index (χ1n) is 6.04. The molecule has 0 aliphatic heterocycles. The van der Waals surface area contributed by atoms with Gasteiger partial charge in [-0.1, -0.05) is 48.0 Å². The molecule has 0 aromatic carbocycles. The zero-order chi connectivity index (χ0) is 12.8. The van der Waals surface area contributed by atoms with Crippen LogP contribution in [0.2, 0.25) is 0 Å². The van der Waals surface area contributed by atoms with E-state index in [2.05, 4.69) is 36.4 Å². The normalized spacial score (nSPS) is 40.9. The number of halogens is 1. The van der Waals surface area contributed by atoms with Crippen LogP contribution < -0.4 is 0 Å². The van der Waals surface area contributed by atoms with Crippen molar-refractivity contribution in [3.8, 4) is 0 Å². The summed E-state index contributed by atoms with van der Waals surface area (Å²) in [5, 5.41) is 10.1. The number of carbonyl (C=O) groups excluding carboxylic acids is 1. The van der Waals surface area contributed by atoms with Crippen molar-refractivity contribution < 1.29 is 9.90 Å². The van der Waals surface area contributed by atoms with Crippen LogP contribution in [0, 0.1) is 10.8 Å². The van der Waals surface area contributed by atoms with Crippen LogP contribution in [-0.4, -0.2) is 21.8 Å². The van der Waals surface area contributed by atoms with Crippen LogP contribution in [0.15, 0.2) is 24.3 Å². The third-order valence-corrected chi connectivity index (χ3v) is 6.34. The van der Waals surface area contributed by atoms with Gasteiger partial charge in [0.25, 0.3) is 0 Å². The van der Waals surface area contributed by atoms with E-state index in [1.165, 1.54) is 0 Å². The fraction of sp³-hybridized carbons (Fsp3) is 0.643. The Kier molecular flexibility index (Phi) is 3.11. The molecule has 1 spiro atoms. The fourth-order valence-electron chi connectivity index (χ4n) is 3.27. The molecule has 0 heterocycles. The summed E-state index contributed by atoms with van der Waals surface area (Å²) in [6, 6.07) is 0. The first-order chi connectivity index (χ1) is 7.81. The minimum absolute atomic E-state index is 0.0263. The maximum Gasteiger partial charge on any atom is 0.155 e. The molecule has 0 aromatic heterocycles. The highest BCUT2D eigenvalue weighted by Crippen LogP contribution is 2.59. The number of hydrogen-bond acceptors (Lipinski definition) is 2. The predicted molar refractivity (Wildman–Crippen MR) is 72.1 cm³/mol. The van der Waals surface area contributed by atoms with Crippen LogP contribution >= 0.6 is 15.9 Å². The molecule has 0 saturated heterocycles. The van der Waals surface area contributed by atoms with Gasteiger partial charge < -0.3 is 5.11 Å². The topological polar surface area (TPSA) is 37.3 Å². The van der Waals surface area contributed by atoms with Crippen LogP contribution in [0.4, 0.5) is 0 Å². The maximum absolute atomic E-state index is 11.4. The Morgan fingerprint density at radius 3 is 2.71 bits per heavy atom. The van der Waals surface area contributed by atoms with E-state index in [-0.39, 0.29) is 21.4 Å². The molecule has 1 fully saturated rings. The van der Waals surface area contributed by atoms with E-state index in [0.717, 1.165) is 12.0 Å². The summed E-state index contributed by atoms with van der Waals surface area (Å²) >= 11 is 3.62. The summed E-state index contributed by atoms with van der Waals surface area (Å²) in [5.74, 6) is 0.191. The Morgan fingerprint density at radius 2 is 2.18 bits per heavy atom. The largest absolute Gasteiger partial charge is 0.392 e. The molecule has 3 atom stereocenters. The average molecular weight is 299 g/mol. The number of rotatable bonds is 0. The van der Waals surface area contributed by atoms with Gasteiger partial charge in [0, 0.05) is 16.7 Å². The SMILES string of the molecule is C=C1C[C@@H](O)[C@@H](Br)C(C)(C)[C@@]12C=CC(=O)CC2. The lowest BCUT2D eigenvalue weighted by Gasteiger charge is -2.55. The summed E-state index contributed by atoms with van der Waals surface area (Å²) in [7, 11) is 0. The van der Waals surface area contributed by atoms with E-state index >= 15 is 0 Å². The molecule has 2 rings (SSSR count). The molecular weight excluding hydrogens is 280 g/mol. The summed E-state index contributed by atoms with van der Waals surface area (Å²) in [6.45, 7) is 8.43. The number of aliphatic hydroxyl groups is 1. The lowest BCUT2D eigenvalue weighted by molar-refractivity contribution is -0.116. The van der Waals surface area contributed by atoms with E-state index < -0.39 is 6.10 Å². The number of carbonyl (C=O) groups is 1. The van der Waals surface area contributed by atoms with Gasteiger partial charge in [-0.15, -0.1) is 0 Å². The van der Waals surface area contributed by atoms with Crippen LogP contribution in [0.25, 0.3) is 0 Å². The first kappa shape index (κ1) is 13.0. The van der Waals surface area contributed by atoms with Crippen molar-refractivity contribution in [2.75, 3.05) is 0 Å². The van der Waals surface area contributed by atoms with Crippen molar-refractivity contribution in [2.24, 2.45) is 10.8 Å². The van der Waals surface area contributed by atoms with E-state index in [4.69, 9.17) is 0 Å². The first-order valence-corrected chi connectivity index (χ1v) is 6.95. The third-order valence-electron chi connectivity index (χ3n) is 4.58. The number of allylic oxidation sites excluding steroid dienone is 2. The van der Waals surface area contributed by atoms with E-state index in [1.807, 2.05) is 6.08 Å². The molecule has 2 aliphatic carbocycles. The highest BCUT2D eigenvalue weighted by Gasteiger charge is 2.55. The van der Waals surface area contributed by atoms with Gasteiger partial charge in [-0.25, -0.2) is 0 Å². The predicted octanol–water partition coefficient (Wildman–Crippen LogP) is 3.00. The van der Waals surface area contributed by atoms with Crippen LogP contribution in [0.3, 0.4) is 0 Å². The number of ketones is 1. The van der Waals surface area contributed by atoms with Crippen LogP contribution in [-0.2, 0) is 4.79 Å². The standard InChI is InChI=1S/C14H19BrO2/c1-9-8-11(17)12(15)13(2,3)14(9)6-4-10(16)5-7-14/h4,6,11-12,17H,1,5,7-8H2,2-3H3/t11-,12-,14-/m1/s1. The van der Waals surface area contributed by atoms with E-state index in [1.54, 1.807) is 6.08 Å². The van der Waals surface area contributed by atoms with Crippen LogP contribution in [0.5, 0.6) is 0 Å². The lowest BCUT2D eigenvalue weighted by Crippen LogP contribution is -2.53. The van der Waals surface area contributed by atoms with Crippen molar-refractivity contribution in [3.63, 3.8) is 0 Å². The molecule has 2 aliphatic rings. The number of aliphatic hydroxyl groups excluding tert-OH is 1. The van der Waals surface area contributed by atoms with Crippen molar-refractivity contribution in [2.45, 2.75) is 44.0 Å². The van der Waals surface area contributed by atoms with Gasteiger partial charge in [0.05, 0.1) is 6.10 Å². The molecule has 0 radical (unpaired) electrons. The molecule has 0 aromatic rings. The molecule has 0 amide bonds. The van der Waals surface area contributed by atoms with Gasteiger partial charge >= 0.3 is 0 Å². The number of hydrogen-bond donors (Lipinski definition) is 1. The van der Waals surface area contributed by atoms with Gasteiger partial charge in [0.15, 0.2) is 5.78 Å². The Morgan fingerprint density at radius 1 is 1.53 bits per heavy atom. The lowest BCUT2D eigenvalue weighted by atomic mass is 9.52. The molecule has 0 bridgehead atoms. The molecule has 0 unspecified atom stereocenters. The fourth-order valence-corrected chi connectivity index (χ4v) is 3.87. The van der Waals surface area contributed by atoms with Crippen molar-refractivity contribution >= 4 is 21.7 Å². The minimum atomic E-state index is -0.394. The second kappa shape index (κ2) is 4.06. The Bertz CT molecular complexity index is 397. The monoisotopic (exact) mass is 298 g/mol. The molecule has 17 heavy (non-hydrogen) atoms. The van der Waals surface area contributed by atoms with Gasteiger partial charge in [-0.3, -0.25) is 4.79 Å². The second-order valence-corrected chi connectivity index (χ2v) is 6.76. The van der Waals surface area contributed by atoms with Crippen LogP contribution in [0.1, 0.15) is 33.1 Å². The zero-order valence-electron chi connectivity index (χ0n) is 10.4. The molecule has 94 valence electrons. The molecular formula is C14H19BrO2. The quantitative estimate of drug-likeness (QED) is 0.551. The summed E-state index contributed by atoms with van der Waals surface area (Å²) in [4.78, 5) is 11.4. The van der Waals surface area contributed by atoms with E-state index in [0.29, 0.717) is 12.8 Å². The Hall–Kier alpha value is -0.410. The molecule has 1 N–H and O–H groups in total. The van der Waals surface area contributed by atoms with Gasteiger partial charge in [-0.2, -0.15) is 0 Å². The maximum atomic E-state index is 11.4. The highest BCUT2D eigenvalue weighted by atomic mass is 79.9. The highest BCUT2D eigenvalue weighted by molar-refractivity contribution is 9.09. The van der Waals surface area contributed by atoms with Gasteiger partial charge in [0.2, 0.25) is 0 Å².